The SMILES string of the molecule is O=S(=O)(c1c[nH]c2ncccc12)N1CCCC[C@@H]1c1ncc(-c2cccc(F)c2)[nH]1. The number of fused-ring (bicyclic) bond motifs is 1. The third-order valence-electron chi connectivity index (χ3n) is 5.50. The number of halogens is 1. The Labute approximate surface area is 173 Å². The minimum atomic E-state index is -3.76. The lowest BCUT2D eigenvalue weighted by Gasteiger charge is -2.33. The Morgan fingerprint density at radius 1 is 1.13 bits per heavy atom. The number of nitrogens with zero attached hydrogens (tertiary/aromatic N) is 3. The molecule has 7 nitrogen and oxygen atoms in total. The summed E-state index contributed by atoms with van der Waals surface area (Å²) in [7, 11) is -3.76. The van der Waals surface area contributed by atoms with Crippen LogP contribution in [0.25, 0.3) is 22.3 Å². The van der Waals surface area contributed by atoms with Gasteiger partial charge in [0.2, 0.25) is 10.0 Å². The monoisotopic (exact) mass is 425 g/mol. The Hall–Kier alpha value is -3.04. The summed E-state index contributed by atoms with van der Waals surface area (Å²) < 4.78 is 42.2. The Bertz CT molecular complexity index is 1310. The number of imidazole rings is 1. The fourth-order valence-corrected chi connectivity index (χ4v) is 5.86. The topological polar surface area (TPSA) is 94.7 Å². The molecule has 30 heavy (non-hydrogen) atoms. The van der Waals surface area contributed by atoms with Gasteiger partial charge in [-0.3, -0.25) is 0 Å². The van der Waals surface area contributed by atoms with Crippen LogP contribution in [-0.2, 0) is 10.0 Å². The lowest BCUT2D eigenvalue weighted by molar-refractivity contribution is 0.248. The highest BCUT2D eigenvalue weighted by atomic mass is 32.2. The van der Waals surface area contributed by atoms with Crippen molar-refractivity contribution in [1.82, 2.24) is 24.2 Å². The second-order valence-electron chi connectivity index (χ2n) is 7.37. The molecule has 154 valence electrons. The second-order valence-corrected chi connectivity index (χ2v) is 9.23. The second kappa shape index (κ2) is 7.33. The highest BCUT2D eigenvalue weighted by Gasteiger charge is 2.37. The molecule has 5 rings (SSSR count). The first-order chi connectivity index (χ1) is 14.5. The molecule has 4 heterocycles. The molecule has 1 aromatic carbocycles. The zero-order valence-electron chi connectivity index (χ0n) is 16.0. The van der Waals surface area contributed by atoms with Gasteiger partial charge in [0.15, 0.2) is 0 Å². The Kier molecular flexibility index (Phi) is 4.63. The molecular formula is C21H20FN5O2S. The maximum absolute atomic E-state index is 13.6. The summed E-state index contributed by atoms with van der Waals surface area (Å²) in [5.74, 6) is 0.231. The van der Waals surface area contributed by atoms with Gasteiger partial charge in [0, 0.05) is 29.9 Å². The smallest absolute Gasteiger partial charge is 0.245 e. The van der Waals surface area contributed by atoms with Gasteiger partial charge in [-0.25, -0.2) is 22.8 Å². The van der Waals surface area contributed by atoms with Crippen molar-refractivity contribution in [3.05, 3.63) is 66.6 Å². The van der Waals surface area contributed by atoms with Crippen molar-refractivity contribution in [2.24, 2.45) is 0 Å². The standard InChI is InChI=1S/C21H20FN5O2S/c22-15-6-3-5-14(11-15)17-12-24-21(26-17)18-8-1-2-10-27(18)30(28,29)19-13-25-20-16(19)7-4-9-23-20/h3-7,9,11-13,18H,1-2,8,10H2,(H,23,25)(H,24,26)/t18-/m1/s1. The van der Waals surface area contributed by atoms with E-state index in [0.717, 1.165) is 12.8 Å². The lowest BCUT2D eigenvalue weighted by Crippen LogP contribution is -2.38. The van der Waals surface area contributed by atoms with Crippen LogP contribution < -0.4 is 0 Å². The molecule has 0 bridgehead atoms. The average molecular weight is 425 g/mol. The van der Waals surface area contributed by atoms with Crippen LogP contribution >= 0.6 is 0 Å². The van der Waals surface area contributed by atoms with Crippen molar-refractivity contribution >= 4 is 21.1 Å². The minimum absolute atomic E-state index is 0.217. The van der Waals surface area contributed by atoms with Crippen molar-refractivity contribution in [2.45, 2.75) is 30.2 Å². The molecule has 4 aromatic rings. The van der Waals surface area contributed by atoms with Gasteiger partial charge in [-0.2, -0.15) is 4.31 Å². The first-order valence-electron chi connectivity index (χ1n) is 9.79. The number of H-pyrrole nitrogens is 2. The van der Waals surface area contributed by atoms with E-state index in [9.17, 15) is 12.8 Å². The van der Waals surface area contributed by atoms with E-state index in [2.05, 4.69) is 19.9 Å². The predicted octanol–water partition coefficient (Wildman–Crippen LogP) is 4.01. The zero-order valence-corrected chi connectivity index (χ0v) is 16.9. The van der Waals surface area contributed by atoms with Gasteiger partial charge in [0.05, 0.1) is 17.9 Å². The third-order valence-corrected chi connectivity index (χ3v) is 7.45. The zero-order chi connectivity index (χ0) is 20.7. The normalized spacial score (nSPS) is 18.1. The molecule has 0 saturated carbocycles. The van der Waals surface area contributed by atoms with Crippen LogP contribution in [0.1, 0.15) is 31.1 Å². The number of pyridine rings is 1. The molecular weight excluding hydrogens is 405 g/mol. The van der Waals surface area contributed by atoms with Gasteiger partial charge in [0.1, 0.15) is 22.2 Å². The van der Waals surface area contributed by atoms with E-state index < -0.39 is 16.1 Å². The van der Waals surface area contributed by atoms with E-state index in [0.29, 0.717) is 41.1 Å². The first kappa shape index (κ1) is 19.0. The summed E-state index contributed by atoms with van der Waals surface area (Å²) in [6.45, 7) is 0.413. The summed E-state index contributed by atoms with van der Waals surface area (Å²) in [6, 6.07) is 9.29. The van der Waals surface area contributed by atoms with E-state index in [-0.39, 0.29) is 10.7 Å². The van der Waals surface area contributed by atoms with Gasteiger partial charge in [-0.05, 0) is 37.1 Å². The van der Waals surface area contributed by atoms with Crippen LogP contribution in [0.15, 0.2) is 59.9 Å². The van der Waals surface area contributed by atoms with E-state index in [4.69, 9.17) is 0 Å². The molecule has 1 fully saturated rings. The van der Waals surface area contributed by atoms with Crippen LogP contribution in [0.3, 0.4) is 0 Å². The van der Waals surface area contributed by atoms with Crippen molar-refractivity contribution in [2.75, 3.05) is 6.54 Å². The minimum Gasteiger partial charge on any atom is -0.345 e. The fourth-order valence-electron chi connectivity index (χ4n) is 4.05. The molecule has 0 spiro atoms. The Morgan fingerprint density at radius 3 is 2.90 bits per heavy atom. The number of rotatable bonds is 4. The maximum Gasteiger partial charge on any atom is 0.245 e. The number of aromatic nitrogens is 4. The molecule has 1 aliphatic heterocycles. The van der Waals surface area contributed by atoms with Crippen LogP contribution in [-0.4, -0.2) is 39.2 Å². The summed E-state index contributed by atoms with van der Waals surface area (Å²) in [6.07, 6.45) is 7.10. The van der Waals surface area contributed by atoms with Gasteiger partial charge in [0.25, 0.3) is 0 Å². The number of hydrogen-bond donors (Lipinski definition) is 2. The van der Waals surface area contributed by atoms with Gasteiger partial charge in [-0.15, -0.1) is 0 Å². The quantitative estimate of drug-likeness (QED) is 0.517. The fraction of sp³-hybridized carbons (Fsp3) is 0.238. The van der Waals surface area contributed by atoms with Crippen LogP contribution in [0.4, 0.5) is 4.39 Å². The van der Waals surface area contributed by atoms with Gasteiger partial charge in [-0.1, -0.05) is 18.6 Å². The largest absolute Gasteiger partial charge is 0.345 e. The predicted molar refractivity (Wildman–Crippen MR) is 111 cm³/mol. The number of sulfonamides is 1. The molecule has 1 aliphatic rings. The average Bonchev–Trinajstić information content (AvgIpc) is 3.42. The molecule has 0 unspecified atom stereocenters. The maximum atomic E-state index is 13.6. The number of hydrogen-bond acceptors (Lipinski definition) is 4. The molecule has 0 radical (unpaired) electrons. The third kappa shape index (κ3) is 3.20. The molecule has 0 aliphatic carbocycles. The number of piperidine rings is 1. The lowest BCUT2D eigenvalue weighted by atomic mass is 10.0. The molecule has 1 saturated heterocycles. The van der Waals surface area contributed by atoms with Gasteiger partial charge >= 0.3 is 0 Å². The van der Waals surface area contributed by atoms with Crippen LogP contribution in [0.5, 0.6) is 0 Å². The Morgan fingerprint density at radius 2 is 2.03 bits per heavy atom. The summed E-state index contributed by atoms with van der Waals surface area (Å²) >= 11 is 0. The summed E-state index contributed by atoms with van der Waals surface area (Å²) in [5.41, 5.74) is 1.86. The van der Waals surface area contributed by atoms with Crippen LogP contribution in [0, 0.1) is 5.82 Å². The van der Waals surface area contributed by atoms with E-state index in [1.807, 2.05) is 0 Å². The summed E-state index contributed by atoms with van der Waals surface area (Å²) in [5, 5.41) is 0.571. The highest BCUT2D eigenvalue weighted by Crippen LogP contribution is 2.36. The van der Waals surface area contributed by atoms with Crippen molar-refractivity contribution in [3.8, 4) is 11.3 Å². The van der Waals surface area contributed by atoms with Crippen molar-refractivity contribution < 1.29 is 12.8 Å². The molecule has 9 heteroatoms. The first-order valence-corrected chi connectivity index (χ1v) is 11.2. The van der Waals surface area contributed by atoms with E-state index >= 15 is 0 Å². The highest BCUT2D eigenvalue weighted by molar-refractivity contribution is 7.89. The molecule has 1 atom stereocenters. The van der Waals surface area contributed by atoms with Gasteiger partial charge < -0.3 is 9.97 Å². The molecule has 3 aromatic heterocycles. The number of nitrogens with one attached hydrogen (secondary N) is 2. The number of benzene rings is 1. The summed E-state index contributed by atoms with van der Waals surface area (Å²) in [4.78, 5) is 15.0. The van der Waals surface area contributed by atoms with E-state index in [1.165, 1.54) is 22.6 Å². The molecule has 0 amide bonds. The van der Waals surface area contributed by atoms with Crippen molar-refractivity contribution in [1.29, 1.82) is 0 Å². The Balaban J connectivity index is 1.52. The van der Waals surface area contributed by atoms with E-state index in [1.54, 1.807) is 36.7 Å². The number of aromatic amines is 2. The van der Waals surface area contributed by atoms with Crippen LogP contribution in [0.2, 0.25) is 0 Å². The molecule has 2 N–H and O–H groups in total. The van der Waals surface area contributed by atoms with Crippen molar-refractivity contribution in [3.63, 3.8) is 0 Å².